The Morgan fingerprint density at radius 3 is 2.63 bits per heavy atom. The van der Waals surface area contributed by atoms with Gasteiger partial charge in [-0.15, -0.1) is 0 Å². The number of anilines is 2. The van der Waals surface area contributed by atoms with E-state index < -0.39 is 12.0 Å². The summed E-state index contributed by atoms with van der Waals surface area (Å²) in [6, 6.07) is 11.9. The highest BCUT2D eigenvalue weighted by molar-refractivity contribution is 6.30. The predicted molar refractivity (Wildman–Crippen MR) is 114 cm³/mol. The Hall–Kier alpha value is -3.26. The molecule has 8 nitrogen and oxygen atoms in total. The van der Waals surface area contributed by atoms with Gasteiger partial charge in [0, 0.05) is 22.3 Å². The molecule has 9 heteroatoms. The Kier molecular flexibility index (Phi) is 5.50. The van der Waals surface area contributed by atoms with Crippen LogP contribution in [0.3, 0.4) is 0 Å². The summed E-state index contributed by atoms with van der Waals surface area (Å²) in [6.07, 6.45) is 1.47. The summed E-state index contributed by atoms with van der Waals surface area (Å²) in [4.78, 5) is 17.7. The van der Waals surface area contributed by atoms with Crippen molar-refractivity contribution in [1.82, 2.24) is 14.8 Å². The van der Waals surface area contributed by atoms with E-state index in [0.717, 1.165) is 5.56 Å². The highest BCUT2D eigenvalue weighted by Gasteiger charge is 2.42. The average molecular weight is 428 g/mol. The van der Waals surface area contributed by atoms with Crippen molar-refractivity contribution < 1.29 is 14.3 Å². The van der Waals surface area contributed by atoms with E-state index in [4.69, 9.17) is 21.1 Å². The highest BCUT2D eigenvalue weighted by atomic mass is 35.5. The first kappa shape index (κ1) is 20.0. The van der Waals surface area contributed by atoms with Gasteiger partial charge in [0.1, 0.15) is 17.8 Å². The minimum Gasteiger partial charge on any atom is -0.497 e. The van der Waals surface area contributed by atoms with E-state index in [9.17, 15) is 4.79 Å². The standard InChI is InChI=1S/C21H22ClN5O3/c1-12-18(20(28)26-14-6-4-13(22)5-7-14)19(27-21(25-12)23-11-24-27)16-10-15(29-2)8-9-17(16)30-3/h4-12,18-19H,1-3H3,(H,26,28)(H,23,24,25)/t12-,18+,19+/m1/s1. The lowest BCUT2D eigenvalue weighted by molar-refractivity contribution is -0.121. The molecule has 3 atom stereocenters. The zero-order valence-corrected chi connectivity index (χ0v) is 17.6. The van der Waals surface area contributed by atoms with Crippen LogP contribution < -0.4 is 20.1 Å². The molecule has 3 aromatic rings. The van der Waals surface area contributed by atoms with Gasteiger partial charge in [-0.05, 0) is 49.4 Å². The molecule has 0 bridgehead atoms. The van der Waals surface area contributed by atoms with Crippen molar-refractivity contribution in [2.75, 3.05) is 24.9 Å². The lowest BCUT2D eigenvalue weighted by Gasteiger charge is -2.37. The number of carbonyl (C=O) groups excluding carboxylic acids is 1. The van der Waals surface area contributed by atoms with Crippen LogP contribution >= 0.6 is 11.6 Å². The topological polar surface area (TPSA) is 90.3 Å². The van der Waals surface area contributed by atoms with Gasteiger partial charge in [-0.25, -0.2) is 4.68 Å². The number of carbonyl (C=O) groups is 1. The zero-order valence-electron chi connectivity index (χ0n) is 16.8. The number of nitrogens with zero attached hydrogens (tertiary/aromatic N) is 3. The quantitative estimate of drug-likeness (QED) is 0.646. The molecule has 2 N–H and O–H groups in total. The Labute approximate surface area is 179 Å². The van der Waals surface area contributed by atoms with E-state index in [0.29, 0.717) is 28.2 Å². The summed E-state index contributed by atoms with van der Waals surface area (Å²) in [5.41, 5.74) is 1.45. The number of hydrogen-bond donors (Lipinski definition) is 2. The summed E-state index contributed by atoms with van der Waals surface area (Å²) in [5.74, 6) is 1.23. The number of ether oxygens (including phenoxy) is 2. The zero-order chi connectivity index (χ0) is 21.3. The fourth-order valence-electron chi connectivity index (χ4n) is 3.80. The number of hydrogen-bond acceptors (Lipinski definition) is 6. The van der Waals surface area contributed by atoms with Crippen LogP contribution in [0.4, 0.5) is 11.6 Å². The lowest BCUT2D eigenvalue weighted by Crippen LogP contribution is -2.46. The molecule has 0 spiro atoms. The second-order valence-corrected chi connectivity index (χ2v) is 7.47. The molecule has 4 rings (SSSR count). The maximum atomic E-state index is 13.4. The van der Waals surface area contributed by atoms with Gasteiger partial charge in [0.15, 0.2) is 0 Å². The summed E-state index contributed by atoms with van der Waals surface area (Å²) < 4.78 is 12.7. The third kappa shape index (κ3) is 3.66. The Bertz CT molecular complexity index is 1050. The molecule has 0 aliphatic carbocycles. The van der Waals surface area contributed by atoms with Gasteiger partial charge < -0.3 is 20.1 Å². The molecule has 1 amide bonds. The van der Waals surface area contributed by atoms with Gasteiger partial charge >= 0.3 is 0 Å². The van der Waals surface area contributed by atoms with Crippen molar-refractivity contribution in [3.8, 4) is 11.5 Å². The monoisotopic (exact) mass is 427 g/mol. The number of amides is 1. The van der Waals surface area contributed by atoms with E-state index in [-0.39, 0.29) is 11.9 Å². The van der Waals surface area contributed by atoms with Crippen molar-refractivity contribution in [2.45, 2.75) is 19.0 Å². The van der Waals surface area contributed by atoms with E-state index >= 15 is 0 Å². The van der Waals surface area contributed by atoms with Gasteiger partial charge in [0.2, 0.25) is 11.9 Å². The van der Waals surface area contributed by atoms with E-state index in [1.54, 1.807) is 43.2 Å². The Morgan fingerprint density at radius 2 is 1.93 bits per heavy atom. The van der Waals surface area contributed by atoms with Crippen LogP contribution in [0.1, 0.15) is 18.5 Å². The fraction of sp³-hybridized carbons (Fsp3) is 0.286. The minimum absolute atomic E-state index is 0.159. The molecule has 1 aliphatic heterocycles. The van der Waals surface area contributed by atoms with Gasteiger partial charge in [0.05, 0.1) is 26.2 Å². The number of rotatable bonds is 5. The van der Waals surface area contributed by atoms with Gasteiger partial charge in [-0.2, -0.15) is 10.1 Å². The van der Waals surface area contributed by atoms with Crippen molar-refractivity contribution in [2.24, 2.45) is 5.92 Å². The number of fused-ring (bicyclic) bond motifs is 1. The van der Waals surface area contributed by atoms with Gasteiger partial charge in [-0.1, -0.05) is 11.6 Å². The number of halogens is 1. The molecular weight excluding hydrogens is 406 g/mol. The molecule has 0 saturated heterocycles. The second-order valence-electron chi connectivity index (χ2n) is 7.04. The van der Waals surface area contributed by atoms with Gasteiger partial charge in [0.25, 0.3) is 0 Å². The number of aromatic nitrogens is 3. The molecule has 156 valence electrons. The summed E-state index contributed by atoms with van der Waals surface area (Å²) in [6.45, 7) is 1.95. The summed E-state index contributed by atoms with van der Waals surface area (Å²) in [7, 11) is 3.20. The predicted octanol–water partition coefficient (Wildman–Crippen LogP) is 3.61. The SMILES string of the molecule is COc1ccc(OC)c([C@H]2[C@@H](C(=O)Nc3ccc(Cl)cc3)[C@@H](C)Nc3ncnn32)c1. The molecule has 0 radical (unpaired) electrons. The second kappa shape index (κ2) is 8.23. The van der Waals surface area contributed by atoms with Crippen LogP contribution in [0.2, 0.25) is 5.02 Å². The third-order valence-corrected chi connectivity index (χ3v) is 5.49. The van der Waals surface area contributed by atoms with Crippen LogP contribution in [-0.2, 0) is 4.79 Å². The van der Waals surface area contributed by atoms with Crippen LogP contribution in [-0.4, -0.2) is 40.9 Å². The first-order chi connectivity index (χ1) is 14.5. The first-order valence-corrected chi connectivity index (χ1v) is 9.84. The van der Waals surface area contributed by atoms with Crippen LogP contribution in [0, 0.1) is 5.92 Å². The normalized spacial score (nSPS) is 20.1. The van der Waals surface area contributed by atoms with Crippen molar-refractivity contribution in [3.63, 3.8) is 0 Å². The number of nitrogens with one attached hydrogen (secondary N) is 2. The summed E-state index contributed by atoms with van der Waals surface area (Å²) >= 11 is 5.96. The van der Waals surface area contributed by atoms with Crippen LogP contribution in [0.5, 0.6) is 11.5 Å². The largest absolute Gasteiger partial charge is 0.497 e. The summed E-state index contributed by atoms with van der Waals surface area (Å²) in [5, 5.41) is 11.2. The third-order valence-electron chi connectivity index (χ3n) is 5.24. The Morgan fingerprint density at radius 1 is 1.17 bits per heavy atom. The van der Waals surface area contributed by atoms with Crippen LogP contribution in [0.15, 0.2) is 48.8 Å². The molecule has 1 aromatic heterocycles. The fourth-order valence-corrected chi connectivity index (χ4v) is 3.93. The van der Waals surface area contributed by atoms with Gasteiger partial charge in [-0.3, -0.25) is 4.79 Å². The average Bonchev–Trinajstić information content (AvgIpc) is 3.21. The molecular formula is C21H22ClN5O3. The molecule has 2 heterocycles. The maximum Gasteiger partial charge on any atom is 0.232 e. The minimum atomic E-state index is -0.504. The van der Waals surface area contributed by atoms with E-state index in [2.05, 4.69) is 20.7 Å². The van der Waals surface area contributed by atoms with Crippen LogP contribution in [0.25, 0.3) is 0 Å². The first-order valence-electron chi connectivity index (χ1n) is 9.46. The highest BCUT2D eigenvalue weighted by Crippen LogP contribution is 2.41. The smallest absolute Gasteiger partial charge is 0.232 e. The molecule has 30 heavy (non-hydrogen) atoms. The molecule has 0 saturated carbocycles. The number of benzene rings is 2. The molecule has 0 unspecified atom stereocenters. The van der Waals surface area contributed by atoms with E-state index in [1.165, 1.54) is 6.33 Å². The van der Waals surface area contributed by atoms with Crippen molar-refractivity contribution >= 4 is 29.1 Å². The number of methoxy groups -OCH3 is 2. The van der Waals surface area contributed by atoms with Crippen molar-refractivity contribution in [3.05, 3.63) is 59.4 Å². The maximum absolute atomic E-state index is 13.4. The lowest BCUT2D eigenvalue weighted by atomic mass is 9.85. The van der Waals surface area contributed by atoms with Crippen molar-refractivity contribution in [1.29, 1.82) is 0 Å². The molecule has 0 fully saturated rings. The molecule has 1 aliphatic rings. The Balaban J connectivity index is 1.78. The molecule has 2 aromatic carbocycles. The van der Waals surface area contributed by atoms with E-state index in [1.807, 2.05) is 25.1 Å².